The third-order valence-electron chi connectivity index (χ3n) is 5.19. The second kappa shape index (κ2) is 8.39. The van der Waals surface area contributed by atoms with E-state index in [1.807, 2.05) is 12.1 Å². The summed E-state index contributed by atoms with van der Waals surface area (Å²) in [7, 11) is -2.44. The monoisotopic (exact) mass is 440 g/mol. The minimum absolute atomic E-state index is 0.134. The summed E-state index contributed by atoms with van der Waals surface area (Å²) in [5.41, 5.74) is 1.64. The van der Waals surface area contributed by atoms with Crippen molar-refractivity contribution in [3.8, 4) is 5.75 Å². The SMILES string of the molecule is COc1ccc(NC(=O)c2cc(S(=O)(=O)N3CCCc4ccccc43)ccc2F)cc1. The molecule has 0 saturated heterocycles. The van der Waals surface area contributed by atoms with E-state index in [0.29, 0.717) is 30.1 Å². The number of carbonyl (C=O) groups excluding carboxylic acids is 1. The van der Waals surface area contributed by atoms with Crippen molar-refractivity contribution in [2.75, 3.05) is 23.3 Å². The Hall–Kier alpha value is -3.39. The average Bonchev–Trinajstić information content (AvgIpc) is 2.79. The van der Waals surface area contributed by atoms with E-state index in [2.05, 4.69) is 5.32 Å². The fourth-order valence-corrected chi connectivity index (χ4v) is 5.16. The summed E-state index contributed by atoms with van der Waals surface area (Å²) in [4.78, 5) is 12.5. The number of carbonyl (C=O) groups is 1. The van der Waals surface area contributed by atoms with Crippen molar-refractivity contribution in [3.63, 3.8) is 0 Å². The van der Waals surface area contributed by atoms with Gasteiger partial charge in [-0.15, -0.1) is 0 Å². The van der Waals surface area contributed by atoms with Crippen LogP contribution in [0.4, 0.5) is 15.8 Å². The van der Waals surface area contributed by atoms with Gasteiger partial charge in [-0.25, -0.2) is 12.8 Å². The molecular weight excluding hydrogens is 419 g/mol. The van der Waals surface area contributed by atoms with Crippen LogP contribution in [-0.4, -0.2) is 28.0 Å². The molecule has 0 atom stereocenters. The second-order valence-corrected chi connectivity index (χ2v) is 9.00. The molecule has 3 aromatic carbocycles. The van der Waals surface area contributed by atoms with Gasteiger partial charge in [-0.2, -0.15) is 0 Å². The highest BCUT2D eigenvalue weighted by Gasteiger charge is 2.30. The maximum atomic E-state index is 14.4. The lowest BCUT2D eigenvalue weighted by atomic mass is 10.0. The molecule has 3 aromatic rings. The zero-order chi connectivity index (χ0) is 22.0. The number of benzene rings is 3. The fraction of sp³-hybridized carbons (Fsp3) is 0.174. The Bertz CT molecular complexity index is 1230. The summed E-state index contributed by atoms with van der Waals surface area (Å²) in [5, 5.41) is 2.58. The lowest BCUT2D eigenvalue weighted by molar-refractivity contribution is 0.102. The predicted molar refractivity (Wildman–Crippen MR) is 117 cm³/mol. The van der Waals surface area contributed by atoms with Crippen LogP contribution in [-0.2, 0) is 16.4 Å². The van der Waals surface area contributed by atoms with Crippen LogP contribution in [0.2, 0.25) is 0 Å². The molecule has 0 bridgehead atoms. The molecule has 0 spiro atoms. The molecule has 1 aliphatic rings. The molecule has 0 radical (unpaired) electrons. The first-order chi connectivity index (χ1) is 14.9. The predicted octanol–water partition coefficient (Wildman–Crippen LogP) is 4.23. The third kappa shape index (κ3) is 4.11. The van der Waals surface area contributed by atoms with Gasteiger partial charge in [0.15, 0.2) is 0 Å². The smallest absolute Gasteiger partial charge is 0.264 e. The second-order valence-electron chi connectivity index (χ2n) is 7.13. The van der Waals surface area contributed by atoms with Gasteiger partial charge in [-0.1, -0.05) is 18.2 Å². The summed E-state index contributed by atoms with van der Waals surface area (Å²) in [6.07, 6.45) is 1.48. The molecule has 0 fully saturated rings. The number of nitrogens with one attached hydrogen (secondary N) is 1. The summed E-state index contributed by atoms with van der Waals surface area (Å²) >= 11 is 0. The van der Waals surface area contributed by atoms with Crippen molar-refractivity contribution >= 4 is 27.3 Å². The van der Waals surface area contributed by atoms with Gasteiger partial charge in [0, 0.05) is 12.2 Å². The maximum absolute atomic E-state index is 14.4. The first-order valence-corrected chi connectivity index (χ1v) is 11.2. The zero-order valence-corrected chi connectivity index (χ0v) is 17.7. The van der Waals surface area contributed by atoms with Gasteiger partial charge in [0.25, 0.3) is 15.9 Å². The number of aryl methyl sites for hydroxylation is 1. The minimum Gasteiger partial charge on any atom is -0.497 e. The van der Waals surface area contributed by atoms with Crippen LogP contribution in [0.15, 0.2) is 71.6 Å². The molecule has 0 aliphatic carbocycles. The van der Waals surface area contributed by atoms with Crippen molar-refractivity contribution in [1.82, 2.24) is 0 Å². The number of methoxy groups -OCH3 is 1. The van der Waals surface area contributed by atoms with Crippen LogP contribution in [0.5, 0.6) is 5.75 Å². The van der Waals surface area contributed by atoms with E-state index >= 15 is 0 Å². The Morgan fingerprint density at radius 1 is 1.06 bits per heavy atom. The van der Waals surface area contributed by atoms with Crippen molar-refractivity contribution < 1.29 is 22.3 Å². The third-order valence-corrected chi connectivity index (χ3v) is 7.00. The van der Waals surface area contributed by atoms with Crippen LogP contribution in [0.1, 0.15) is 22.3 Å². The quantitative estimate of drug-likeness (QED) is 0.644. The highest BCUT2D eigenvalue weighted by Crippen LogP contribution is 2.32. The summed E-state index contributed by atoms with van der Waals surface area (Å²) < 4.78 is 47.5. The average molecular weight is 440 g/mol. The number of rotatable bonds is 5. The number of amides is 1. The minimum atomic E-state index is -3.96. The van der Waals surface area contributed by atoms with E-state index in [0.717, 1.165) is 24.1 Å². The Kier molecular flexibility index (Phi) is 5.65. The van der Waals surface area contributed by atoms with Gasteiger partial charge >= 0.3 is 0 Å². The van der Waals surface area contributed by atoms with E-state index in [9.17, 15) is 17.6 Å². The van der Waals surface area contributed by atoms with Crippen molar-refractivity contribution in [3.05, 3.63) is 83.7 Å². The van der Waals surface area contributed by atoms with Gasteiger partial charge in [-0.05, 0) is 66.9 Å². The number of anilines is 2. The normalized spacial score (nSPS) is 13.4. The standard InChI is InChI=1S/C23H21FN2O4S/c1-30-18-10-8-17(9-11-18)25-23(27)20-15-19(12-13-21(20)24)31(28,29)26-14-4-6-16-5-2-3-7-22(16)26/h2-3,5,7-13,15H,4,6,14H2,1H3,(H,25,27). The number of fused-ring (bicyclic) bond motifs is 1. The Morgan fingerprint density at radius 2 is 1.81 bits per heavy atom. The Balaban J connectivity index is 1.65. The van der Waals surface area contributed by atoms with Crippen molar-refractivity contribution in [2.24, 2.45) is 0 Å². The molecule has 0 aromatic heterocycles. The van der Waals surface area contributed by atoms with E-state index < -0.39 is 21.7 Å². The molecule has 0 saturated carbocycles. The molecule has 0 unspecified atom stereocenters. The van der Waals surface area contributed by atoms with Gasteiger partial charge in [0.2, 0.25) is 0 Å². The summed E-state index contributed by atoms with van der Waals surface area (Å²) in [5.74, 6) is -0.929. The molecule has 4 rings (SSSR count). The zero-order valence-electron chi connectivity index (χ0n) is 16.8. The van der Waals surface area contributed by atoms with Crippen LogP contribution in [0, 0.1) is 5.82 Å². The number of nitrogens with zero attached hydrogens (tertiary/aromatic N) is 1. The van der Waals surface area contributed by atoms with E-state index in [4.69, 9.17) is 4.74 Å². The van der Waals surface area contributed by atoms with Crippen LogP contribution >= 0.6 is 0 Å². The number of sulfonamides is 1. The molecule has 1 N–H and O–H groups in total. The molecule has 31 heavy (non-hydrogen) atoms. The number of ether oxygens (including phenoxy) is 1. The highest BCUT2D eigenvalue weighted by atomic mass is 32.2. The molecule has 160 valence electrons. The van der Waals surface area contributed by atoms with Gasteiger partial charge in [0.05, 0.1) is 23.3 Å². The molecule has 1 amide bonds. The van der Waals surface area contributed by atoms with E-state index in [1.54, 1.807) is 36.4 Å². The summed E-state index contributed by atoms with van der Waals surface area (Å²) in [6, 6.07) is 17.1. The van der Waals surface area contributed by atoms with Crippen molar-refractivity contribution in [1.29, 1.82) is 0 Å². The van der Waals surface area contributed by atoms with Crippen LogP contribution in [0.25, 0.3) is 0 Å². The van der Waals surface area contributed by atoms with Gasteiger partial charge in [-0.3, -0.25) is 9.10 Å². The Labute approximate surface area is 180 Å². The lowest BCUT2D eigenvalue weighted by Crippen LogP contribution is -2.35. The topological polar surface area (TPSA) is 75.7 Å². The molecule has 8 heteroatoms. The number of hydrogen-bond donors (Lipinski definition) is 1. The van der Waals surface area contributed by atoms with E-state index in [-0.39, 0.29) is 10.5 Å². The van der Waals surface area contributed by atoms with Crippen LogP contribution in [0.3, 0.4) is 0 Å². The van der Waals surface area contributed by atoms with Gasteiger partial charge < -0.3 is 10.1 Å². The first-order valence-electron chi connectivity index (χ1n) is 9.76. The molecule has 1 aliphatic heterocycles. The largest absolute Gasteiger partial charge is 0.497 e. The summed E-state index contributed by atoms with van der Waals surface area (Å²) in [6.45, 7) is 0.324. The van der Waals surface area contributed by atoms with Crippen LogP contribution < -0.4 is 14.4 Å². The fourth-order valence-electron chi connectivity index (χ4n) is 3.59. The molecular formula is C23H21FN2O4S. The molecule has 6 nitrogen and oxygen atoms in total. The van der Waals surface area contributed by atoms with E-state index in [1.165, 1.54) is 17.5 Å². The Morgan fingerprint density at radius 3 is 2.55 bits per heavy atom. The van der Waals surface area contributed by atoms with Crippen molar-refractivity contribution in [2.45, 2.75) is 17.7 Å². The lowest BCUT2D eigenvalue weighted by Gasteiger charge is -2.30. The number of para-hydroxylation sites is 1. The molecule has 1 heterocycles. The highest BCUT2D eigenvalue weighted by molar-refractivity contribution is 7.92. The first kappa shape index (κ1) is 20.9. The maximum Gasteiger partial charge on any atom is 0.264 e. The number of halogens is 1. The van der Waals surface area contributed by atoms with Gasteiger partial charge in [0.1, 0.15) is 11.6 Å². The number of hydrogen-bond acceptors (Lipinski definition) is 4.